The Morgan fingerprint density at radius 2 is 1.39 bits per heavy atom. The molecule has 0 radical (unpaired) electrons. The summed E-state index contributed by atoms with van der Waals surface area (Å²) in [6, 6.07) is 0. The van der Waals surface area contributed by atoms with Crippen molar-refractivity contribution in [1.29, 1.82) is 0 Å². The van der Waals surface area contributed by atoms with Crippen LogP contribution in [0.2, 0.25) is 0 Å². The van der Waals surface area contributed by atoms with Crippen LogP contribution in [-0.2, 0) is 9.53 Å². The number of rotatable bonds is 12. The average Bonchev–Trinajstić information content (AvgIpc) is 2.35. The molecule has 0 aromatic carbocycles. The Hall–Kier alpha value is 0.470. The monoisotopic (exact) mass is 282 g/mol. The summed E-state index contributed by atoms with van der Waals surface area (Å²) in [5, 5.41) is 0. The molecule has 0 aliphatic heterocycles. The standard InChI is InChI=1S/C15H28O2.Ca.2H/c1-3-5-6-7-8-9-10-11-12-13-14-17-15(16)4-2;;;/h4H,2-3,5-14H2,1H3;;;. The number of hydrogen-bond donors (Lipinski definition) is 0. The third-order valence-electron chi connectivity index (χ3n) is 2.91. The van der Waals surface area contributed by atoms with Gasteiger partial charge in [-0.25, -0.2) is 4.79 Å². The Morgan fingerprint density at radius 3 is 1.83 bits per heavy atom. The first-order valence-electron chi connectivity index (χ1n) is 7.10. The molecule has 3 heteroatoms. The fourth-order valence-corrected chi connectivity index (χ4v) is 1.82. The van der Waals surface area contributed by atoms with Gasteiger partial charge in [-0.2, -0.15) is 0 Å². The fraction of sp³-hybridized carbons (Fsp3) is 0.800. The molecule has 0 aliphatic rings. The quantitative estimate of drug-likeness (QED) is 0.236. The molecule has 18 heavy (non-hydrogen) atoms. The molecule has 0 N–H and O–H groups in total. The second-order valence-corrected chi connectivity index (χ2v) is 4.55. The van der Waals surface area contributed by atoms with Gasteiger partial charge in [0.15, 0.2) is 0 Å². The molecule has 0 saturated carbocycles. The first-order valence-corrected chi connectivity index (χ1v) is 7.10. The Morgan fingerprint density at radius 1 is 0.944 bits per heavy atom. The van der Waals surface area contributed by atoms with Gasteiger partial charge in [-0.3, -0.25) is 0 Å². The van der Waals surface area contributed by atoms with E-state index < -0.39 is 0 Å². The van der Waals surface area contributed by atoms with Gasteiger partial charge in [-0.1, -0.05) is 71.3 Å². The molecule has 0 unspecified atom stereocenters. The van der Waals surface area contributed by atoms with E-state index in [1.165, 1.54) is 63.9 Å². The van der Waals surface area contributed by atoms with E-state index in [0.29, 0.717) is 6.61 Å². The molecule has 0 amide bonds. The maximum absolute atomic E-state index is 10.7. The molecule has 0 aromatic rings. The van der Waals surface area contributed by atoms with E-state index in [4.69, 9.17) is 4.74 Å². The number of ether oxygens (including phenoxy) is 1. The average molecular weight is 282 g/mol. The van der Waals surface area contributed by atoms with Crippen LogP contribution >= 0.6 is 0 Å². The Labute approximate surface area is 143 Å². The summed E-state index contributed by atoms with van der Waals surface area (Å²) in [7, 11) is 0. The van der Waals surface area contributed by atoms with Crippen molar-refractivity contribution >= 4 is 43.7 Å². The summed E-state index contributed by atoms with van der Waals surface area (Å²) >= 11 is 0. The van der Waals surface area contributed by atoms with Crippen molar-refractivity contribution in [2.24, 2.45) is 0 Å². The molecule has 0 fully saturated rings. The van der Waals surface area contributed by atoms with Crippen molar-refractivity contribution in [1.82, 2.24) is 0 Å². The van der Waals surface area contributed by atoms with Crippen molar-refractivity contribution in [3.05, 3.63) is 12.7 Å². The van der Waals surface area contributed by atoms with Crippen LogP contribution in [0, 0.1) is 0 Å². The first kappa shape index (κ1) is 20.8. The van der Waals surface area contributed by atoms with Gasteiger partial charge in [0, 0.05) is 6.08 Å². The van der Waals surface area contributed by atoms with Gasteiger partial charge in [0.1, 0.15) is 0 Å². The Kier molecular flexibility index (Phi) is 20.2. The molecule has 0 heterocycles. The van der Waals surface area contributed by atoms with Gasteiger partial charge in [0.05, 0.1) is 6.61 Å². The zero-order chi connectivity index (χ0) is 12.8. The van der Waals surface area contributed by atoms with Gasteiger partial charge in [0.25, 0.3) is 0 Å². The molecule has 0 aliphatic carbocycles. The maximum atomic E-state index is 10.7. The van der Waals surface area contributed by atoms with Crippen molar-refractivity contribution in [2.45, 2.75) is 71.1 Å². The topological polar surface area (TPSA) is 26.3 Å². The van der Waals surface area contributed by atoms with Crippen LogP contribution in [0.25, 0.3) is 0 Å². The molecule has 0 atom stereocenters. The molecule has 2 nitrogen and oxygen atoms in total. The number of unbranched alkanes of at least 4 members (excludes halogenated alkanes) is 9. The van der Waals surface area contributed by atoms with Crippen molar-refractivity contribution < 1.29 is 9.53 Å². The molecule has 0 aromatic heterocycles. The number of carbonyl (C=O) groups is 1. The van der Waals surface area contributed by atoms with Crippen LogP contribution in [0.4, 0.5) is 0 Å². The van der Waals surface area contributed by atoms with Crippen molar-refractivity contribution in [3.8, 4) is 0 Å². The van der Waals surface area contributed by atoms with E-state index in [1.54, 1.807) is 0 Å². The molecule has 104 valence electrons. The van der Waals surface area contributed by atoms with Crippen molar-refractivity contribution in [3.63, 3.8) is 0 Å². The molecule has 0 rings (SSSR count). The van der Waals surface area contributed by atoms with Gasteiger partial charge in [0.2, 0.25) is 0 Å². The van der Waals surface area contributed by atoms with Crippen molar-refractivity contribution in [2.75, 3.05) is 6.61 Å². The zero-order valence-corrected chi connectivity index (χ0v) is 11.4. The SMILES string of the molecule is C=CC(=O)OCCCCCCCCCCCC.[CaH2]. The van der Waals surface area contributed by atoms with Crippen LogP contribution in [0.3, 0.4) is 0 Å². The summed E-state index contributed by atoms with van der Waals surface area (Å²) < 4.78 is 4.91. The van der Waals surface area contributed by atoms with Gasteiger partial charge >= 0.3 is 43.7 Å². The van der Waals surface area contributed by atoms with E-state index in [-0.39, 0.29) is 43.7 Å². The van der Waals surface area contributed by atoms with E-state index in [2.05, 4.69) is 13.5 Å². The van der Waals surface area contributed by atoms with E-state index in [0.717, 1.165) is 6.42 Å². The predicted molar refractivity (Wildman–Crippen MR) is 81.5 cm³/mol. The van der Waals surface area contributed by atoms with Crippen LogP contribution < -0.4 is 0 Å². The van der Waals surface area contributed by atoms with Gasteiger partial charge in [-0.15, -0.1) is 0 Å². The molecular weight excluding hydrogens is 252 g/mol. The molecule has 0 spiro atoms. The van der Waals surface area contributed by atoms with Crippen LogP contribution in [-0.4, -0.2) is 50.3 Å². The van der Waals surface area contributed by atoms with Gasteiger partial charge in [-0.05, 0) is 6.42 Å². The zero-order valence-electron chi connectivity index (χ0n) is 11.4. The number of hydrogen-bond acceptors (Lipinski definition) is 2. The number of esters is 1. The normalized spacial score (nSPS) is 9.61. The number of carbonyl (C=O) groups excluding carboxylic acids is 1. The summed E-state index contributed by atoms with van der Waals surface area (Å²) in [6.07, 6.45) is 14.2. The van der Waals surface area contributed by atoms with Gasteiger partial charge < -0.3 is 4.74 Å². The summed E-state index contributed by atoms with van der Waals surface area (Å²) in [5.74, 6) is -0.305. The molecule has 0 bridgehead atoms. The predicted octanol–water partition coefficient (Wildman–Crippen LogP) is 3.72. The second-order valence-electron chi connectivity index (χ2n) is 4.55. The second kappa shape index (κ2) is 17.5. The Balaban J connectivity index is 0. The Bertz CT molecular complexity index is 193. The minimum atomic E-state index is -0.305. The van der Waals surface area contributed by atoms with Crippen LogP contribution in [0.15, 0.2) is 12.7 Å². The van der Waals surface area contributed by atoms with Crippen LogP contribution in [0.5, 0.6) is 0 Å². The summed E-state index contributed by atoms with van der Waals surface area (Å²) in [4.78, 5) is 10.7. The third kappa shape index (κ3) is 16.5. The minimum absolute atomic E-state index is 0. The summed E-state index contributed by atoms with van der Waals surface area (Å²) in [5.41, 5.74) is 0. The van der Waals surface area contributed by atoms with E-state index in [9.17, 15) is 4.79 Å². The molecule has 0 saturated heterocycles. The first-order chi connectivity index (χ1) is 8.31. The van der Waals surface area contributed by atoms with E-state index in [1.807, 2.05) is 0 Å². The van der Waals surface area contributed by atoms with Crippen LogP contribution in [0.1, 0.15) is 71.1 Å². The molecular formula is C15H30CaO2. The summed E-state index contributed by atoms with van der Waals surface area (Å²) in [6.45, 7) is 6.15. The fourth-order valence-electron chi connectivity index (χ4n) is 1.82. The third-order valence-corrected chi connectivity index (χ3v) is 2.91. The van der Waals surface area contributed by atoms with E-state index >= 15 is 0 Å².